The maximum Gasteiger partial charge on any atom is 0.0328 e. The fourth-order valence-corrected chi connectivity index (χ4v) is 3.01. The number of benzene rings is 1. The van der Waals surface area contributed by atoms with Gasteiger partial charge in [0.25, 0.3) is 0 Å². The summed E-state index contributed by atoms with van der Waals surface area (Å²) >= 11 is 1.83. The van der Waals surface area contributed by atoms with E-state index in [1.807, 2.05) is 18.4 Å². The summed E-state index contributed by atoms with van der Waals surface area (Å²) in [4.78, 5) is 3.81. The summed E-state index contributed by atoms with van der Waals surface area (Å²) in [6, 6.07) is 13.1. The van der Waals surface area contributed by atoms with Crippen LogP contribution in [0.4, 0.5) is 0 Å². The van der Waals surface area contributed by atoms with E-state index in [4.69, 9.17) is 0 Å². The second kappa shape index (κ2) is 7.43. The number of nitrogens with one attached hydrogen (secondary N) is 1. The molecule has 1 heterocycles. The van der Waals surface area contributed by atoms with Crippen LogP contribution in [0, 0.1) is 0 Å². The van der Waals surface area contributed by atoms with Gasteiger partial charge in [-0.1, -0.05) is 30.3 Å². The highest BCUT2D eigenvalue weighted by atomic mass is 32.1. The first-order valence-corrected chi connectivity index (χ1v) is 7.60. The monoisotopic (exact) mass is 274 g/mol. The molecule has 0 aliphatic rings. The molecule has 0 amide bonds. The third-order valence-corrected chi connectivity index (χ3v) is 4.07. The highest BCUT2D eigenvalue weighted by Gasteiger charge is 2.06. The van der Waals surface area contributed by atoms with E-state index in [0.29, 0.717) is 0 Å². The average Bonchev–Trinajstić information content (AvgIpc) is 2.90. The molecule has 1 aromatic carbocycles. The number of thiophene rings is 1. The molecule has 19 heavy (non-hydrogen) atoms. The van der Waals surface area contributed by atoms with Crippen molar-refractivity contribution in [1.82, 2.24) is 10.2 Å². The van der Waals surface area contributed by atoms with E-state index in [9.17, 15) is 0 Å². The lowest BCUT2D eigenvalue weighted by Gasteiger charge is -2.18. The molecule has 0 bridgehead atoms. The smallest absolute Gasteiger partial charge is 0.0328 e. The van der Waals surface area contributed by atoms with Crippen LogP contribution in [0.1, 0.15) is 16.0 Å². The molecule has 3 heteroatoms. The lowest BCUT2D eigenvalue weighted by Crippen LogP contribution is -2.18. The number of hydrogen-bond donors (Lipinski definition) is 1. The molecule has 0 saturated heterocycles. The van der Waals surface area contributed by atoms with Crippen LogP contribution in [0.2, 0.25) is 0 Å². The Bertz CT molecular complexity index is 479. The van der Waals surface area contributed by atoms with Gasteiger partial charge in [-0.3, -0.25) is 4.90 Å². The van der Waals surface area contributed by atoms with Crippen molar-refractivity contribution in [2.75, 3.05) is 20.6 Å². The molecule has 0 radical (unpaired) electrons. The van der Waals surface area contributed by atoms with Crippen LogP contribution in [0.5, 0.6) is 0 Å². The van der Waals surface area contributed by atoms with Crippen LogP contribution < -0.4 is 5.32 Å². The first-order chi connectivity index (χ1) is 9.29. The molecule has 0 spiro atoms. The third kappa shape index (κ3) is 4.46. The maximum atomic E-state index is 3.22. The standard InChI is InChI=1S/C16H22N2S/c1-17-10-9-14-6-3-4-7-15(14)12-18(2)13-16-8-5-11-19-16/h3-8,11,17H,9-10,12-13H2,1-2H3. The van der Waals surface area contributed by atoms with Crippen molar-refractivity contribution >= 4 is 11.3 Å². The van der Waals surface area contributed by atoms with Gasteiger partial charge in [-0.05, 0) is 49.6 Å². The Hall–Kier alpha value is -1.16. The Morgan fingerprint density at radius 3 is 2.53 bits per heavy atom. The maximum absolute atomic E-state index is 3.22. The molecule has 0 saturated carbocycles. The fraction of sp³-hybridized carbons (Fsp3) is 0.375. The van der Waals surface area contributed by atoms with Crippen molar-refractivity contribution in [2.45, 2.75) is 19.5 Å². The normalized spacial score (nSPS) is 11.1. The van der Waals surface area contributed by atoms with Gasteiger partial charge in [0.2, 0.25) is 0 Å². The third-order valence-electron chi connectivity index (χ3n) is 3.21. The van der Waals surface area contributed by atoms with E-state index in [1.165, 1.54) is 16.0 Å². The first-order valence-electron chi connectivity index (χ1n) is 6.72. The SMILES string of the molecule is CNCCc1ccccc1CN(C)Cc1cccs1. The molecule has 102 valence electrons. The quantitative estimate of drug-likeness (QED) is 0.834. The minimum Gasteiger partial charge on any atom is -0.319 e. The van der Waals surface area contributed by atoms with Gasteiger partial charge in [-0.2, -0.15) is 0 Å². The van der Waals surface area contributed by atoms with Gasteiger partial charge in [0, 0.05) is 18.0 Å². The van der Waals surface area contributed by atoms with Crippen molar-refractivity contribution < 1.29 is 0 Å². The number of rotatable bonds is 7. The summed E-state index contributed by atoms with van der Waals surface area (Å²) in [5, 5.41) is 5.36. The van der Waals surface area contributed by atoms with E-state index >= 15 is 0 Å². The average molecular weight is 274 g/mol. The molecule has 2 rings (SSSR count). The lowest BCUT2D eigenvalue weighted by atomic mass is 10.0. The molecule has 0 atom stereocenters. The predicted octanol–water partition coefficient (Wildman–Crippen LogP) is 3.14. The molecule has 0 aliphatic heterocycles. The topological polar surface area (TPSA) is 15.3 Å². The Balaban J connectivity index is 1.97. The second-order valence-corrected chi connectivity index (χ2v) is 5.91. The lowest BCUT2D eigenvalue weighted by molar-refractivity contribution is 0.321. The van der Waals surface area contributed by atoms with E-state index in [1.54, 1.807) is 0 Å². The summed E-state index contributed by atoms with van der Waals surface area (Å²) in [6.45, 7) is 3.07. The zero-order chi connectivity index (χ0) is 13.5. The van der Waals surface area contributed by atoms with Gasteiger partial charge in [-0.15, -0.1) is 11.3 Å². The van der Waals surface area contributed by atoms with E-state index in [-0.39, 0.29) is 0 Å². The summed E-state index contributed by atoms with van der Waals surface area (Å²) in [7, 11) is 4.19. The molecular formula is C16H22N2S. The first kappa shape index (κ1) is 14.3. The minimum absolute atomic E-state index is 1.01. The summed E-state index contributed by atoms with van der Waals surface area (Å²) < 4.78 is 0. The van der Waals surface area contributed by atoms with Crippen LogP contribution in [-0.2, 0) is 19.5 Å². The van der Waals surface area contributed by atoms with E-state index in [0.717, 1.165) is 26.1 Å². The van der Waals surface area contributed by atoms with Crippen molar-refractivity contribution in [3.63, 3.8) is 0 Å². The van der Waals surface area contributed by atoms with E-state index in [2.05, 4.69) is 59.0 Å². The molecule has 2 aromatic rings. The molecule has 2 nitrogen and oxygen atoms in total. The number of hydrogen-bond acceptors (Lipinski definition) is 3. The zero-order valence-corrected chi connectivity index (χ0v) is 12.5. The second-order valence-electron chi connectivity index (χ2n) is 4.87. The van der Waals surface area contributed by atoms with E-state index < -0.39 is 0 Å². The Kier molecular flexibility index (Phi) is 5.58. The van der Waals surface area contributed by atoms with Gasteiger partial charge in [0.15, 0.2) is 0 Å². The fourth-order valence-electron chi connectivity index (χ4n) is 2.23. The Morgan fingerprint density at radius 1 is 1.05 bits per heavy atom. The predicted molar refractivity (Wildman–Crippen MR) is 83.6 cm³/mol. The van der Waals surface area contributed by atoms with Crippen LogP contribution in [0.3, 0.4) is 0 Å². The van der Waals surface area contributed by atoms with Crippen LogP contribution >= 0.6 is 11.3 Å². The molecule has 0 fully saturated rings. The Morgan fingerprint density at radius 2 is 1.84 bits per heavy atom. The minimum atomic E-state index is 1.01. The molecule has 0 aliphatic carbocycles. The summed E-state index contributed by atoms with van der Waals surface area (Å²) in [5.41, 5.74) is 2.90. The molecule has 1 aromatic heterocycles. The van der Waals surface area contributed by atoms with Crippen molar-refractivity contribution in [3.05, 3.63) is 57.8 Å². The summed E-state index contributed by atoms with van der Waals surface area (Å²) in [6.07, 6.45) is 1.10. The summed E-state index contributed by atoms with van der Waals surface area (Å²) in [5.74, 6) is 0. The molecule has 0 unspecified atom stereocenters. The van der Waals surface area contributed by atoms with Gasteiger partial charge in [0.05, 0.1) is 0 Å². The highest BCUT2D eigenvalue weighted by Crippen LogP contribution is 2.15. The molecule has 1 N–H and O–H groups in total. The van der Waals surface area contributed by atoms with Gasteiger partial charge < -0.3 is 5.32 Å². The highest BCUT2D eigenvalue weighted by molar-refractivity contribution is 7.09. The van der Waals surface area contributed by atoms with Crippen molar-refractivity contribution in [1.29, 1.82) is 0 Å². The van der Waals surface area contributed by atoms with Crippen LogP contribution in [0.25, 0.3) is 0 Å². The van der Waals surface area contributed by atoms with Gasteiger partial charge >= 0.3 is 0 Å². The number of nitrogens with zero attached hydrogens (tertiary/aromatic N) is 1. The van der Waals surface area contributed by atoms with Crippen molar-refractivity contribution in [3.8, 4) is 0 Å². The largest absolute Gasteiger partial charge is 0.319 e. The van der Waals surface area contributed by atoms with Crippen LogP contribution in [-0.4, -0.2) is 25.5 Å². The van der Waals surface area contributed by atoms with Gasteiger partial charge in [-0.25, -0.2) is 0 Å². The van der Waals surface area contributed by atoms with Crippen LogP contribution in [0.15, 0.2) is 41.8 Å². The van der Waals surface area contributed by atoms with Crippen molar-refractivity contribution in [2.24, 2.45) is 0 Å². The Labute approximate surface area is 120 Å². The van der Waals surface area contributed by atoms with Gasteiger partial charge in [0.1, 0.15) is 0 Å². The zero-order valence-electron chi connectivity index (χ0n) is 11.7. The number of likely N-dealkylation sites (N-methyl/N-ethyl adjacent to an activating group) is 1. The molecular weight excluding hydrogens is 252 g/mol.